The van der Waals surface area contributed by atoms with E-state index in [1.165, 1.54) is 22.0 Å². The summed E-state index contributed by atoms with van der Waals surface area (Å²) in [5, 5.41) is 14.6. The number of ether oxygens (including phenoxy) is 2. The van der Waals surface area contributed by atoms with Gasteiger partial charge in [-0.2, -0.15) is 29.5 Å². The van der Waals surface area contributed by atoms with Gasteiger partial charge in [0.1, 0.15) is 28.9 Å². The number of hydrogen-bond donors (Lipinski definition) is 2. The average molecular weight is 764 g/mol. The zero-order valence-electron chi connectivity index (χ0n) is 31.1. The fourth-order valence-corrected chi connectivity index (χ4v) is 5.05. The molecule has 2 N–H and O–H groups in total. The highest BCUT2D eigenvalue weighted by Gasteiger charge is 2.20. The number of halogens is 1. The number of rotatable bonds is 6. The molecule has 0 unspecified atom stereocenters. The number of carbonyl (C=O) groups excluding carboxylic acids is 2. The molecule has 0 saturated heterocycles. The third-order valence-corrected chi connectivity index (χ3v) is 7.42. The summed E-state index contributed by atoms with van der Waals surface area (Å²) in [7, 11) is 0. The lowest BCUT2D eigenvalue weighted by Crippen LogP contribution is -2.27. The summed E-state index contributed by atoms with van der Waals surface area (Å²) in [6.07, 6.45) is 8.48. The van der Waals surface area contributed by atoms with Crippen molar-refractivity contribution in [2.75, 3.05) is 10.6 Å². The van der Waals surface area contributed by atoms with Gasteiger partial charge < -0.3 is 24.5 Å². The summed E-state index contributed by atoms with van der Waals surface area (Å²) in [6, 6.07) is 16.9. The minimum atomic E-state index is -0.584. The van der Waals surface area contributed by atoms with Gasteiger partial charge in [0, 0.05) is 41.0 Å². The first-order valence-corrected chi connectivity index (χ1v) is 17.3. The topological polar surface area (TPSA) is 190 Å². The average Bonchev–Trinajstić information content (AvgIpc) is 3.90. The van der Waals surface area contributed by atoms with E-state index in [2.05, 4.69) is 45.8 Å². The van der Waals surface area contributed by atoms with Crippen LogP contribution in [0.25, 0.3) is 33.4 Å². The summed E-state index contributed by atoms with van der Waals surface area (Å²) in [4.78, 5) is 44.7. The summed E-state index contributed by atoms with van der Waals surface area (Å²) in [5.41, 5.74) is 5.07. The second-order valence-electron chi connectivity index (χ2n) is 14.0. The molecule has 0 amide bonds. The second kappa shape index (κ2) is 15.7. The number of aromatic nitrogens is 9. The maximum atomic E-state index is 12.1. The monoisotopic (exact) mass is 763 g/mol. The van der Waals surface area contributed by atoms with Crippen LogP contribution in [0.1, 0.15) is 47.4 Å². The van der Waals surface area contributed by atoms with Gasteiger partial charge >= 0.3 is 12.2 Å². The Morgan fingerprint density at radius 2 is 1.22 bits per heavy atom. The molecule has 282 valence electrons. The maximum absolute atomic E-state index is 12.1. The van der Waals surface area contributed by atoms with Gasteiger partial charge in [-0.05, 0) is 95.5 Å². The molecule has 0 fully saturated rings. The van der Waals surface area contributed by atoms with Crippen LogP contribution in [-0.2, 0) is 9.47 Å². The predicted octanol–water partition coefficient (Wildman–Crippen LogP) is 8.84. The van der Waals surface area contributed by atoms with E-state index in [1.54, 1.807) is 37.8 Å². The van der Waals surface area contributed by atoms with Crippen molar-refractivity contribution in [2.45, 2.75) is 59.7 Å². The Morgan fingerprint density at radius 3 is 1.73 bits per heavy atom. The highest BCUT2D eigenvalue weighted by molar-refractivity contribution is 6.28. The highest BCUT2D eigenvalue weighted by Crippen LogP contribution is 2.28. The van der Waals surface area contributed by atoms with Crippen LogP contribution in [0.2, 0.25) is 5.28 Å². The Hall–Kier alpha value is -6.68. The Kier molecular flexibility index (Phi) is 10.9. The van der Waals surface area contributed by atoms with Crippen LogP contribution >= 0.6 is 11.6 Å². The smallest absolute Gasteiger partial charge is 0.435 e. The number of benzene rings is 2. The van der Waals surface area contributed by atoms with Gasteiger partial charge in [0.25, 0.3) is 0 Å². The zero-order chi connectivity index (χ0) is 39.3. The quantitative estimate of drug-likeness (QED) is 0.153. The molecule has 0 aliphatic rings. The van der Waals surface area contributed by atoms with E-state index in [4.69, 9.17) is 25.5 Å². The van der Waals surface area contributed by atoms with E-state index in [0.29, 0.717) is 28.7 Å². The van der Waals surface area contributed by atoms with Gasteiger partial charge in [-0.3, -0.25) is 0 Å². The number of aryl methyl sites for hydroxylation is 1. The van der Waals surface area contributed by atoms with E-state index >= 15 is 0 Å². The van der Waals surface area contributed by atoms with Gasteiger partial charge in [0.2, 0.25) is 11.2 Å². The lowest BCUT2D eigenvalue weighted by Gasteiger charge is -2.18. The van der Waals surface area contributed by atoms with Gasteiger partial charge in [0.05, 0.1) is 18.7 Å². The first kappa shape index (κ1) is 38.1. The van der Waals surface area contributed by atoms with Gasteiger partial charge in [-0.1, -0.05) is 24.3 Å². The molecule has 0 aliphatic carbocycles. The first-order chi connectivity index (χ1) is 26.1. The van der Waals surface area contributed by atoms with Crippen LogP contribution in [0.3, 0.4) is 0 Å². The van der Waals surface area contributed by atoms with Crippen molar-refractivity contribution >= 4 is 58.0 Å². The molecular weight excluding hydrogens is 726 g/mol. The fraction of sp³-hybridized carbons (Fsp3) is 0.237. The minimum absolute atomic E-state index is 0.132. The fourth-order valence-electron chi connectivity index (χ4n) is 4.88. The molecule has 5 heterocycles. The Morgan fingerprint density at radius 1 is 0.691 bits per heavy atom. The van der Waals surface area contributed by atoms with Crippen molar-refractivity contribution in [3.63, 3.8) is 0 Å². The first-order valence-electron chi connectivity index (χ1n) is 17.0. The van der Waals surface area contributed by atoms with Crippen LogP contribution in [-0.4, -0.2) is 67.9 Å². The number of furan rings is 1. The molecule has 0 radical (unpaired) electrons. The molecule has 0 bridgehead atoms. The number of hydrogen-bond acceptors (Lipinski definition) is 14. The molecule has 7 aromatic rings. The number of nitrogens with zero attached hydrogens (tertiary/aromatic N) is 9. The Bertz CT molecular complexity index is 2430. The molecule has 2 aromatic carbocycles. The van der Waals surface area contributed by atoms with Crippen molar-refractivity contribution in [1.29, 1.82) is 0 Å². The SMILES string of the molecule is CC(C)(C)OC(=O)n1cc(-c2ccc(Nc3nc(Cl)nc4ccoc34)cc2)cn1.Cc1ncnc(Nc2ccc(-c3cnn(C(=O)OC(C)(C)C)c3)cc2)n1. The summed E-state index contributed by atoms with van der Waals surface area (Å²) in [6.45, 7) is 12.7. The van der Waals surface area contributed by atoms with E-state index in [-0.39, 0.29) is 5.28 Å². The zero-order valence-corrected chi connectivity index (χ0v) is 31.9. The second-order valence-corrected chi connectivity index (χ2v) is 14.4. The molecule has 0 aliphatic heterocycles. The van der Waals surface area contributed by atoms with Crippen molar-refractivity contribution in [1.82, 2.24) is 44.5 Å². The molecule has 55 heavy (non-hydrogen) atoms. The number of anilines is 4. The van der Waals surface area contributed by atoms with Crippen LogP contribution in [0.5, 0.6) is 0 Å². The third-order valence-electron chi connectivity index (χ3n) is 7.25. The molecule has 17 heteroatoms. The highest BCUT2D eigenvalue weighted by atomic mass is 35.5. The largest absolute Gasteiger partial charge is 0.459 e. The Balaban J connectivity index is 0.000000188. The summed E-state index contributed by atoms with van der Waals surface area (Å²) in [5.74, 6) is 1.62. The normalized spacial score (nSPS) is 11.4. The number of nitrogens with one attached hydrogen (secondary N) is 2. The van der Waals surface area contributed by atoms with Gasteiger partial charge in [-0.25, -0.2) is 24.5 Å². The lowest BCUT2D eigenvalue weighted by molar-refractivity contribution is 0.0503. The van der Waals surface area contributed by atoms with E-state index in [9.17, 15) is 9.59 Å². The molecular formula is C38H38ClN11O5. The number of fused-ring (bicyclic) bond motifs is 1. The van der Waals surface area contributed by atoms with Crippen LogP contribution < -0.4 is 10.6 Å². The van der Waals surface area contributed by atoms with Crippen molar-refractivity contribution in [3.8, 4) is 22.3 Å². The molecule has 5 aromatic heterocycles. The molecule has 0 spiro atoms. The predicted molar refractivity (Wildman–Crippen MR) is 207 cm³/mol. The van der Waals surface area contributed by atoms with E-state index < -0.39 is 23.4 Å². The summed E-state index contributed by atoms with van der Waals surface area (Å²) < 4.78 is 18.4. The minimum Gasteiger partial charge on any atom is -0.459 e. The van der Waals surface area contributed by atoms with Crippen LogP contribution in [0.15, 0.2) is 96.4 Å². The van der Waals surface area contributed by atoms with E-state index in [1.807, 2.05) is 90.1 Å². The maximum Gasteiger partial charge on any atom is 0.435 e. The van der Waals surface area contributed by atoms with Crippen molar-refractivity contribution < 1.29 is 23.5 Å². The van der Waals surface area contributed by atoms with Crippen LogP contribution in [0, 0.1) is 6.92 Å². The molecule has 0 saturated carbocycles. The third kappa shape index (κ3) is 10.3. The van der Waals surface area contributed by atoms with E-state index in [0.717, 1.165) is 33.6 Å². The van der Waals surface area contributed by atoms with Crippen molar-refractivity contribution in [2.24, 2.45) is 0 Å². The van der Waals surface area contributed by atoms with Gasteiger partial charge in [-0.15, -0.1) is 0 Å². The van der Waals surface area contributed by atoms with Gasteiger partial charge in [0.15, 0.2) is 11.4 Å². The van der Waals surface area contributed by atoms with Crippen molar-refractivity contribution in [3.05, 3.63) is 103 Å². The molecule has 16 nitrogen and oxygen atoms in total. The summed E-state index contributed by atoms with van der Waals surface area (Å²) >= 11 is 5.97. The molecule has 0 atom stereocenters. The lowest BCUT2D eigenvalue weighted by atomic mass is 10.1. The Labute approximate surface area is 320 Å². The standard InChI is InChI=1S/C20H18ClN5O3.C18H20N6O2/c1-20(2,3)29-19(27)26-11-13(10-22-26)12-4-6-14(7-5-12)23-17-16-15(8-9-28-16)24-18(21)25-17;1-12-19-11-20-16(22-12)23-15-7-5-13(6-8-15)14-9-21-24(10-14)17(25)26-18(2,3)4/h4-11H,1-3H3,(H,23,24,25);5-11H,1-4H3,(H,19,20,22,23). The van der Waals surface area contributed by atoms with Crippen LogP contribution in [0.4, 0.5) is 32.7 Å². The number of carbonyl (C=O) groups is 2. The molecule has 7 rings (SSSR count).